The predicted molar refractivity (Wildman–Crippen MR) is 96.2 cm³/mol. The fourth-order valence-electron chi connectivity index (χ4n) is 3.65. The Morgan fingerprint density at radius 1 is 1.12 bits per heavy atom. The third-order valence-electron chi connectivity index (χ3n) is 5.38. The van der Waals surface area contributed by atoms with Crippen LogP contribution in [0.4, 0.5) is 0 Å². The van der Waals surface area contributed by atoms with E-state index in [2.05, 4.69) is 36.3 Å². The lowest BCUT2D eigenvalue weighted by molar-refractivity contribution is -0.154. The maximum atomic E-state index is 12.5. The number of hydrogen-bond acceptors (Lipinski definition) is 9. The van der Waals surface area contributed by atoms with Crippen LogP contribution in [0.5, 0.6) is 0 Å². The summed E-state index contributed by atoms with van der Waals surface area (Å²) in [7, 11) is 0. The van der Waals surface area contributed by atoms with Gasteiger partial charge in [-0.25, -0.2) is 0 Å². The Morgan fingerprint density at radius 3 is 2.27 bits per heavy atom. The molecule has 7 unspecified atom stereocenters. The van der Waals surface area contributed by atoms with E-state index in [1.54, 1.807) is 0 Å². The molecule has 0 heterocycles. The van der Waals surface area contributed by atoms with Gasteiger partial charge in [-0.1, -0.05) is 42.7 Å². The highest BCUT2D eigenvalue weighted by Gasteiger charge is 2.39. The molecule has 1 rings (SSSR count). The van der Waals surface area contributed by atoms with Crippen LogP contribution < -0.4 is 0 Å². The minimum absolute atomic E-state index is 0.200. The zero-order valence-electron chi connectivity index (χ0n) is 15.8. The summed E-state index contributed by atoms with van der Waals surface area (Å²) in [6, 6.07) is -4.00. The van der Waals surface area contributed by atoms with Gasteiger partial charge in [0.1, 0.15) is 24.8 Å². The van der Waals surface area contributed by atoms with Crippen molar-refractivity contribution in [2.75, 3.05) is 6.61 Å². The summed E-state index contributed by atoms with van der Waals surface area (Å²) in [6.07, 6.45) is 1.15. The number of hydrogen-bond donors (Lipinski definition) is 1. The summed E-state index contributed by atoms with van der Waals surface area (Å²) in [5.41, 5.74) is 0. The van der Waals surface area contributed by atoms with Crippen molar-refractivity contribution in [3.63, 3.8) is 0 Å². The van der Waals surface area contributed by atoms with Crippen molar-refractivity contribution in [2.45, 2.75) is 71.2 Å². The van der Waals surface area contributed by atoms with Gasteiger partial charge in [-0.05, 0) is 37.5 Å². The van der Waals surface area contributed by atoms with E-state index in [0.717, 1.165) is 12.8 Å². The van der Waals surface area contributed by atoms with Crippen LogP contribution in [0.3, 0.4) is 0 Å². The second-order valence-electron chi connectivity index (χ2n) is 7.67. The lowest BCUT2D eigenvalue weighted by atomic mass is 9.70. The third-order valence-corrected chi connectivity index (χ3v) is 5.38. The van der Waals surface area contributed by atoms with E-state index < -0.39 is 36.8 Å². The SMILES string of the molecule is CC1CCC(C(C)C)C(C(=O)OCC(N=O)C(N=O)C(O)C(C)N=O)C1. The number of aliphatic hydroxyl groups is 1. The molecule has 0 amide bonds. The zero-order valence-corrected chi connectivity index (χ0v) is 15.8. The van der Waals surface area contributed by atoms with Gasteiger partial charge in [-0.2, -0.15) is 14.7 Å². The van der Waals surface area contributed by atoms with Crippen molar-refractivity contribution in [1.82, 2.24) is 0 Å². The fraction of sp³-hybridized carbons (Fsp3) is 0.941. The molecule has 0 radical (unpaired) electrons. The Balaban J connectivity index is 2.76. The minimum atomic E-state index is -1.57. The normalized spacial score (nSPS) is 27.8. The lowest BCUT2D eigenvalue weighted by Gasteiger charge is -2.36. The first-order valence-corrected chi connectivity index (χ1v) is 9.08. The van der Waals surface area contributed by atoms with Crippen molar-refractivity contribution in [1.29, 1.82) is 0 Å². The van der Waals surface area contributed by atoms with Crippen LogP contribution in [0, 0.1) is 38.4 Å². The molecule has 0 spiro atoms. The quantitative estimate of drug-likeness (QED) is 0.463. The average Bonchev–Trinajstić information content (AvgIpc) is 2.63. The second-order valence-corrected chi connectivity index (χ2v) is 7.67. The van der Waals surface area contributed by atoms with E-state index in [-0.39, 0.29) is 11.8 Å². The highest BCUT2D eigenvalue weighted by atomic mass is 16.5. The van der Waals surface area contributed by atoms with Gasteiger partial charge in [0.2, 0.25) is 0 Å². The van der Waals surface area contributed by atoms with E-state index in [1.165, 1.54) is 6.92 Å². The van der Waals surface area contributed by atoms with Gasteiger partial charge in [0.05, 0.1) is 5.92 Å². The molecule has 1 aliphatic rings. The average molecular weight is 371 g/mol. The highest BCUT2D eigenvalue weighted by molar-refractivity contribution is 5.73. The van der Waals surface area contributed by atoms with Crippen molar-refractivity contribution >= 4 is 5.97 Å². The van der Waals surface area contributed by atoms with Crippen molar-refractivity contribution in [3.05, 3.63) is 14.7 Å². The predicted octanol–water partition coefficient (Wildman–Crippen LogP) is 3.02. The van der Waals surface area contributed by atoms with Crippen LogP contribution in [0.15, 0.2) is 15.5 Å². The third kappa shape index (κ3) is 5.62. The fourth-order valence-corrected chi connectivity index (χ4v) is 3.65. The summed E-state index contributed by atoms with van der Waals surface area (Å²) in [6.45, 7) is 7.04. The first kappa shape index (κ1) is 22.3. The van der Waals surface area contributed by atoms with E-state index >= 15 is 0 Å². The Hall–Kier alpha value is -1.77. The lowest BCUT2D eigenvalue weighted by Crippen LogP contribution is -2.43. The smallest absolute Gasteiger partial charge is 0.309 e. The van der Waals surface area contributed by atoms with Crippen molar-refractivity contribution < 1.29 is 14.6 Å². The van der Waals surface area contributed by atoms with Gasteiger partial charge in [0, 0.05) is 0 Å². The molecule has 0 bridgehead atoms. The van der Waals surface area contributed by atoms with Gasteiger partial charge in [0.25, 0.3) is 0 Å². The molecule has 0 saturated heterocycles. The van der Waals surface area contributed by atoms with E-state index in [4.69, 9.17) is 4.74 Å². The molecule has 7 atom stereocenters. The maximum absolute atomic E-state index is 12.5. The number of esters is 1. The summed E-state index contributed by atoms with van der Waals surface area (Å²) in [5, 5.41) is 18.0. The van der Waals surface area contributed by atoms with Crippen LogP contribution in [-0.4, -0.2) is 41.9 Å². The van der Waals surface area contributed by atoms with Gasteiger partial charge in [-0.15, -0.1) is 0 Å². The molecule has 148 valence electrons. The zero-order chi connectivity index (χ0) is 19.9. The van der Waals surface area contributed by atoms with Crippen LogP contribution in [-0.2, 0) is 9.53 Å². The van der Waals surface area contributed by atoms with Crippen molar-refractivity contribution in [2.24, 2.45) is 39.2 Å². The van der Waals surface area contributed by atoms with Crippen LogP contribution in [0.2, 0.25) is 0 Å². The van der Waals surface area contributed by atoms with Gasteiger partial charge < -0.3 is 9.84 Å². The molecule has 0 aromatic rings. The molecule has 1 saturated carbocycles. The molecule has 1 N–H and O–H groups in total. The molecule has 1 fully saturated rings. The summed E-state index contributed by atoms with van der Waals surface area (Å²) in [5.74, 6) is 0.240. The van der Waals surface area contributed by atoms with E-state index in [0.29, 0.717) is 18.3 Å². The Labute approximate surface area is 153 Å². The molecule has 9 heteroatoms. The Kier molecular flexibility index (Phi) is 8.91. The molecule has 0 aromatic heterocycles. The number of carbonyl (C=O) groups excluding carboxylic acids is 1. The van der Waals surface area contributed by atoms with Crippen LogP contribution in [0.25, 0.3) is 0 Å². The minimum Gasteiger partial charge on any atom is -0.463 e. The summed E-state index contributed by atoms with van der Waals surface area (Å²) < 4.78 is 5.26. The molecular formula is C17H29N3O6. The standard InChI is InChI=1S/C17H29N3O6/c1-9(2)12-6-5-10(3)7-13(12)17(22)26-8-14(19-24)15(20-25)16(21)11(4)18-23/h9-16,21H,5-8H2,1-4H3. The number of nitrogens with zero attached hydrogens (tertiary/aromatic N) is 3. The molecular weight excluding hydrogens is 342 g/mol. The van der Waals surface area contributed by atoms with Gasteiger partial charge in [0.15, 0.2) is 6.04 Å². The summed E-state index contributed by atoms with van der Waals surface area (Å²) >= 11 is 0. The molecule has 26 heavy (non-hydrogen) atoms. The topological polar surface area (TPSA) is 135 Å². The molecule has 0 aromatic carbocycles. The van der Waals surface area contributed by atoms with E-state index in [1.807, 2.05) is 0 Å². The number of aliphatic hydroxyl groups excluding tert-OH is 1. The Morgan fingerprint density at radius 2 is 1.77 bits per heavy atom. The highest BCUT2D eigenvalue weighted by Crippen LogP contribution is 2.38. The number of rotatable bonds is 10. The number of nitroso groups, excluding NO2 is 3. The monoisotopic (exact) mass is 371 g/mol. The molecule has 1 aliphatic carbocycles. The number of carbonyl (C=O) groups is 1. The van der Waals surface area contributed by atoms with Crippen molar-refractivity contribution in [3.8, 4) is 0 Å². The van der Waals surface area contributed by atoms with Crippen LogP contribution >= 0.6 is 0 Å². The first-order valence-electron chi connectivity index (χ1n) is 9.08. The summed E-state index contributed by atoms with van der Waals surface area (Å²) in [4.78, 5) is 45.2. The maximum Gasteiger partial charge on any atom is 0.309 e. The van der Waals surface area contributed by atoms with E-state index in [9.17, 15) is 24.6 Å². The number of ether oxygens (including phenoxy) is 1. The molecule has 0 aliphatic heterocycles. The Bertz CT molecular complexity index is 501. The van der Waals surface area contributed by atoms with Gasteiger partial charge in [-0.3, -0.25) is 4.79 Å². The van der Waals surface area contributed by atoms with Crippen LogP contribution in [0.1, 0.15) is 47.0 Å². The molecule has 9 nitrogen and oxygen atoms in total. The largest absolute Gasteiger partial charge is 0.463 e. The second kappa shape index (κ2) is 10.4. The van der Waals surface area contributed by atoms with Gasteiger partial charge >= 0.3 is 5.97 Å². The first-order chi connectivity index (χ1) is 12.3.